The maximum absolute atomic E-state index is 12.6. The summed E-state index contributed by atoms with van der Waals surface area (Å²) in [5.41, 5.74) is 4.13. The first-order valence-electron chi connectivity index (χ1n) is 9.21. The van der Waals surface area contributed by atoms with Gasteiger partial charge in [0, 0.05) is 5.56 Å². The third-order valence-electron chi connectivity index (χ3n) is 4.50. The van der Waals surface area contributed by atoms with Gasteiger partial charge in [-0.1, -0.05) is 61.2 Å². The second kappa shape index (κ2) is 8.63. The Hall–Kier alpha value is -2.90. The van der Waals surface area contributed by atoms with Crippen molar-refractivity contribution < 1.29 is 9.90 Å². The number of carbonyl (C=O) groups is 1. The lowest BCUT2D eigenvalue weighted by molar-refractivity contribution is -0.120. The van der Waals surface area contributed by atoms with Gasteiger partial charge in [-0.25, -0.2) is 10.4 Å². The molecule has 0 bridgehead atoms. The second-order valence-electron chi connectivity index (χ2n) is 6.42. The maximum atomic E-state index is 12.6. The highest BCUT2D eigenvalue weighted by Gasteiger charge is 2.19. The van der Waals surface area contributed by atoms with Crippen LogP contribution in [0.2, 0.25) is 0 Å². The maximum Gasteiger partial charge on any atom is 0.253 e. The van der Waals surface area contributed by atoms with Crippen molar-refractivity contribution in [2.24, 2.45) is 5.10 Å². The van der Waals surface area contributed by atoms with E-state index in [1.54, 1.807) is 17.4 Å². The first-order chi connectivity index (χ1) is 14.2. The number of aromatic nitrogens is 1. The van der Waals surface area contributed by atoms with Crippen LogP contribution in [0.25, 0.3) is 21.0 Å². The van der Waals surface area contributed by atoms with Crippen LogP contribution < -0.4 is 5.43 Å². The van der Waals surface area contributed by atoms with Crippen LogP contribution in [0.1, 0.15) is 18.9 Å². The SMILES string of the molecule is CCC(Sc1nc2ccccc2s1)C(=O)N/N=C\c1c(O)ccc2ccccc12. The van der Waals surface area contributed by atoms with Gasteiger partial charge in [-0.2, -0.15) is 5.10 Å². The first-order valence-corrected chi connectivity index (χ1v) is 10.9. The fraction of sp³-hybridized carbons (Fsp3) is 0.136. The van der Waals surface area contributed by atoms with Crippen molar-refractivity contribution in [1.82, 2.24) is 10.4 Å². The molecular weight excluding hydrogens is 402 g/mol. The monoisotopic (exact) mass is 421 g/mol. The number of nitrogens with one attached hydrogen (secondary N) is 1. The van der Waals surface area contributed by atoms with Gasteiger partial charge >= 0.3 is 0 Å². The molecule has 0 aliphatic heterocycles. The minimum atomic E-state index is -0.297. The largest absolute Gasteiger partial charge is 0.507 e. The number of nitrogens with zero attached hydrogens (tertiary/aromatic N) is 2. The molecule has 3 aromatic carbocycles. The molecule has 1 atom stereocenters. The number of phenolic OH excluding ortho intramolecular Hbond substituents is 1. The zero-order valence-electron chi connectivity index (χ0n) is 15.7. The Bertz CT molecular complexity index is 1170. The molecule has 0 radical (unpaired) electrons. The molecule has 0 saturated heterocycles. The molecule has 0 spiro atoms. The number of phenols is 1. The van der Waals surface area contributed by atoms with Crippen molar-refractivity contribution in [2.45, 2.75) is 22.9 Å². The molecule has 4 aromatic rings. The van der Waals surface area contributed by atoms with Crippen molar-refractivity contribution >= 4 is 56.2 Å². The van der Waals surface area contributed by atoms with Crippen LogP contribution in [0, 0.1) is 0 Å². The number of hydrogen-bond donors (Lipinski definition) is 2. The number of para-hydroxylation sites is 1. The van der Waals surface area contributed by atoms with E-state index in [4.69, 9.17) is 0 Å². The Morgan fingerprint density at radius 1 is 1.21 bits per heavy atom. The van der Waals surface area contributed by atoms with Gasteiger partial charge in [-0.3, -0.25) is 4.79 Å². The molecule has 5 nitrogen and oxygen atoms in total. The highest BCUT2D eigenvalue weighted by atomic mass is 32.2. The summed E-state index contributed by atoms with van der Waals surface area (Å²) in [5.74, 6) is -0.0645. The summed E-state index contributed by atoms with van der Waals surface area (Å²) in [4.78, 5) is 17.2. The van der Waals surface area contributed by atoms with E-state index < -0.39 is 0 Å². The lowest BCUT2D eigenvalue weighted by Crippen LogP contribution is -2.28. The van der Waals surface area contributed by atoms with Crippen molar-refractivity contribution in [3.63, 3.8) is 0 Å². The molecule has 1 aromatic heterocycles. The first kappa shape index (κ1) is 19.4. The topological polar surface area (TPSA) is 74.6 Å². The molecular formula is C22H19N3O2S2. The zero-order valence-corrected chi connectivity index (χ0v) is 17.3. The van der Waals surface area contributed by atoms with Crippen molar-refractivity contribution in [3.8, 4) is 5.75 Å². The van der Waals surface area contributed by atoms with Crippen LogP contribution in [-0.2, 0) is 4.79 Å². The molecule has 2 N–H and O–H groups in total. The third-order valence-corrected chi connectivity index (χ3v) is 6.99. The number of rotatable bonds is 6. The molecule has 0 fully saturated rings. The van der Waals surface area contributed by atoms with Crippen LogP contribution in [0.5, 0.6) is 5.75 Å². The molecule has 7 heteroatoms. The Morgan fingerprint density at radius 3 is 2.83 bits per heavy atom. The van der Waals surface area contributed by atoms with E-state index in [0.29, 0.717) is 12.0 Å². The third kappa shape index (κ3) is 4.26. The van der Waals surface area contributed by atoms with Crippen LogP contribution >= 0.6 is 23.1 Å². The average molecular weight is 422 g/mol. The van der Waals surface area contributed by atoms with Crippen molar-refractivity contribution in [2.75, 3.05) is 0 Å². The van der Waals surface area contributed by atoms with Gasteiger partial charge in [-0.15, -0.1) is 11.3 Å². The van der Waals surface area contributed by atoms with Gasteiger partial charge in [-0.05, 0) is 35.4 Å². The number of hydrogen-bond acceptors (Lipinski definition) is 6. The Labute approximate surface area is 176 Å². The number of benzene rings is 3. The Kier molecular flexibility index (Phi) is 5.78. The van der Waals surface area contributed by atoms with E-state index >= 15 is 0 Å². The average Bonchev–Trinajstić information content (AvgIpc) is 3.16. The predicted octanol–water partition coefficient (Wildman–Crippen LogP) is 5.18. The predicted molar refractivity (Wildman–Crippen MR) is 121 cm³/mol. The van der Waals surface area contributed by atoms with E-state index in [-0.39, 0.29) is 16.9 Å². The summed E-state index contributed by atoms with van der Waals surface area (Å²) in [5, 5.41) is 15.8. The number of hydrazone groups is 1. The summed E-state index contributed by atoms with van der Waals surface area (Å²) < 4.78 is 1.97. The van der Waals surface area contributed by atoms with Crippen LogP contribution in [0.15, 0.2) is 70.1 Å². The van der Waals surface area contributed by atoms with Crippen molar-refractivity contribution in [3.05, 3.63) is 66.2 Å². The number of aromatic hydroxyl groups is 1. The number of thioether (sulfide) groups is 1. The van der Waals surface area contributed by atoms with Crippen molar-refractivity contribution in [1.29, 1.82) is 0 Å². The molecule has 1 heterocycles. The van der Waals surface area contributed by atoms with E-state index in [1.807, 2.05) is 61.5 Å². The van der Waals surface area contributed by atoms with Crippen LogP contribution in [-0.4, -0.2) is 27.5 Å². The standard InChI is InChI=1S/C22H19N3O2S2/c1-2-19(28-22-24-17-9-5-6-10-20(17)29-22)21(27)25-23-13-16-15-8-4-3-7-14(15)11-12-18(16)26/h3-13,19,26H,2H2,1H3,(H,25,27)/b23-13-. The molecule has 1 amide bonds. The van der Waals surface area contributed by atoms with Crippen LogP contribution in [0.3, 0.4) is 0 Å². The van der Waals surface area contributed by atoms with Gasteiger partial charge in [0.15, 0.2) is 4.34 Å². The molecule has 0 saturated carbocycles. The van der Waals surface area contributed by atoms with Gasteiger partial charge in [0.2, 0.25) is 0 Å². The van der Waals surface area contributed by atoms with E-state index in [1.165, 1.54) is 18.0 Å². The highest BCUT2D eigenvalue weighted by molar-refractivity contribution is 8.02. The fourth-order valence-corrected chi connectivity index (χ4v) is 5.23. The molecule has 1 unspecified atom stereocenters. The summed E-state index contributed by atoms with van der Waals surface area (Å²) in [7, 11) is 0. The number of fused-ring (bicyclic) bond motifs is 2. The molecule has 0 aliphatic carbocycles. The van der Waals surface area contributed by atoms with Gasteiger partial charge in [0.05, 0.1) is 21.7 Å². The molecule has 4 rings (SSSR count). The van der Waals surface area contributed by atoms with Gasteiger partial charge in [0.25, 0.3) is 5.91 Å². The summed E-state index contributed by atoms with van der Waals surface area (Å²) in [6.45, 7) is 1.96. The quantitative estimate of drug-likeness (QED) is 0.256. The minimum absolute atomic E-state index is 0.123. The summed E-state index contributed by atoms with van der Waals surface area (Å²) in [6, 6.07) is 19.1. The minimum Gasteiger partial charge on any atom is -0.507 e. The molecule has 29 heavy (non-hydrogen) atoms. The summed E-state index contributed by atoms with van der Waals surface area (Å²) >= 11 is 3.03. The normalized spacial score (nSPS) is 12.6. The number of carbonyl (C=O) groups excluding carboxylic acids is 1. The molecule has 0 aliphatic rings. The number of amides is 1. The van der Waals surface area contributed by atoms with Crippen LogP contribution in [0.4, 0.5) is 0 Å². The van der Waals surface area contributed by atoms with Gasteiger partial charge < -0.3 is 5.11 Å². The van der Waals surface area contributed by atoms with E-state index in [0.717, 1.165) is 25.3 Å². The fourth-order valence-electron chi connectivity index (χ4n) is 3.00. The zero-order chi connectivity index (χ0) is 20.2. The lowest BCUT2D eigenvalue weighted by Gasteiger charge is -2.10. The smallest absolute Gasteiger partial charge is 0.253 e. The van der Waals surface area contributed by atoms with E-state index in [2.05, 4.69) is 15.5 Å². The number of thiazole rings is 1. The highest BCUT2D eigenvalue weighted by Crippen LogP contribution is 2.33. The van der Waals surface area contributed by atoms with Gasteiger partial charge in [0.1, 0.15) is 5.75 Å². The van der Waals surface area contributed by atoms with E-state index in [9.17, 15) is 9.90 Å². The molecule has 146 valence electrons. The lowest BCUT2D eigenvalue weighted by atomic mass is 10.0. The second-order valence-corrected chi connectivity index (χ2v) is 8.90. The summed E-state index contributed by atoms with van der Waals surface area (Å²) in [6.07, 6.45) is 2.14. The Morgan fingerprint density at radius 2 is 2.00 bits per heavy atom. The Balaban J connectivity index is 1.47.